The minimum atomic E-state index is -0.856. The van der Waals surface area contributed by atoms with Gasteiger partial charge in [-0.05, 0) is 30.4 Å². The Morgan fingerprint density at radius 1 is 1.40 bits per heavy atom. The molecule has 0 radical (unpaired) electrons. The summed E-state index contributed by atoms with van der Waals surface area (Å²) in [6, 6.07) is 4.80. The van der Waals surface area contributed by atoms with Gasteiger partial charge in [0.2, 0.25) is 0 Å². The van der Waals surface area contributed by atoms with Crippen molar-refractivity contribution in [3.8, 4) is 0 Å². The highest BCUT2D eigenvalue weighted by molar-refractivity contribution is 6.29. The number of nitrogens with zero attached hydrogens (tertiary/aromatic N) is 1. The molecule has 2 N–H and O–H groups in total. The first-order chi connectivity index (χ1) is 9.38. The standard InChI is InChI=1S/C14H19ClN2O3/c1-9(2)6-10(7-13(18)19)8-16-14(20)11-4-3-5-12(15)17-11/h3-5,9-10H,6-8H2,1-2H3,(H,16,20)(H,18,19)/t10-/m0/s1. The fourth-order valence-electron chi connectivity index (χ4n) is 2.01. The molecule has 0 saturated carbocycles. The van der Waals surface area contributed by atoms with Gasteiger partial charge in [0.1, 0.15) is 10.8 Å². The van der Waals surface area contributed by atoms with Crippen LogP contribution in [0, 0.1) is 11.8 Å². The van der Waals surface area contributed by atoms with Gasteiger partial charge in [0.25, 0.3) is 5.91 Å². The number of amides is 1. The van der Waals surface area contributed by atoms with Gasteiger partial charge >= 0.3 is 5.97 Å². The number of halogens is 1. The van der Waals surface area contributed by atoms with E-state index in [2.05, 4.69) is 10.3 Å². The molecule has 6 heteroatoms. The van der Waals surface area contributed by atoms with E-state index in [1.807, 2.05) is 13.8 Å². The van der Waals surface area contributed by atoms with Gasteiger partial charge in [-0.15, -0.1) is 0 Å². The van der Waals surface area contributed by atoms with E-state index in [4.69, 9.17) is 16.7 Å². The fraction of sp³-hybridized carbons (Fsp3) is 0.500. The average molecular weight is 299 g/mol. The zero-order valence-electron chi connectivity index (χ0n) is 11.6. The van der Waals surface area contributed by atoms with Crippen molar-refractivity contribution in [2.45, 2.75) is 26.7 Å². The van der Waals surface area contributed by atoms with Crippen LogP contribution < -0.4 is 5.32 Å². The van der Waals surface area contributed by atoms with Crippen LogP contribution in [0.4, 0.5) is 0 Å². The third kappa shape index (κ3) is 6.02. The number of aromatic nitrogens is 1. The number of aliphatic carboxylic acids is 1. The minimum absolute atomic E-state index is 0.0431. The molecule has 0 bridgehead atoms. The highest BCUT2D eigenvalue weighted by Gasteiger charge is 2.17. The molecule has 0 fully saturated rings. The largest absolute Gasteiger partial charge is 0.481 e. The summed E-state index contributed by atoms with van der Waals surface area (Å²) in [5.74, 6) is -0.909. The molecule has 1 amide bonds. The Morgan fingerprint density at radius 3 is 2.65 bits per heavy atom. The molecule has 0 spiro atoms. The number of pyridine rings is 1. The zero-order chi connectivity index (χ0) is 15.1. The molecule has 0 unspecified atom stereocenters. The Labute approximate surface area is 123 Å². The van der Waals surface area contributed by atoms with E-state index in [0.717, 1.165) is 6.42 Å². The van der Waals surface area contributed by atoms with Crippen molar-refractivity contribution in [1.29, 1.82) is 0 Å². The lowest BCUT2D eigenvalue weighted by atomic mass is 9.94. The molecule has 1 aromatic heterocycles. The smallest absolute Gasteiger partial charge is 0.303 e. The first-order valence-corrected chi connectivity index (χ1v) is 6.88. The summed E-state index contributed by atoms with van der Waals surface area (Å²) >= 11 is 5.72. The highest BCUT2D eigenvalue weighted by atomic mass is 35.5. The summed E-state index contributed by atoms with van der Waals surface area (Å²) < 4.78 is 0. The number of hydrogen-bond acceptors (Lipinski definition) is 3. The van der Waals surface area contributed by atoms with E-state index < -0.39 is 5.97 Å². The molecule has 110 valence electrons. The molecule has 1 rings (SSSR count). The van der Waals surface area contributed by atoms with Gasteiger partial charge in [0, 0.05) is 13.0 Å². The Kier molecular flexibility index (Phi) is 6.45. The summed E-state index contributed by atoms with van der Waals surface area (Å²) in [5, 5.41) is 11.8. The Morgan fingerprint density at radius 2 is 2.10 bits per heavy atom. The zero-order valence-corrected chi connectivity index (χ0v) is 12.4. The molecular weight excluding hydrogens is 280 g/mol. The van der Waals surface area contributed by atoms with E-state index in [1.165, 1.54) is 0 Å². The van der Waals surface area contributed by atoms with E-state index in [9.17, 15) is 9.59 Å². The quantitative estimate of drug-likeness (QED) is 0.758. The second kappa shape index (κ2) is 7.85. The predicted molar refractivity (Wildman–Crippen MR) is 76.8 cm³/mol. The normalized spacial score (nSPS) is 12.2. The van der Waals surface area contributed by atoms with Crippen molar-refractivity contribution in [2.75, 3.05) is 6.54 Å². The van der Waals surface area contributed by atoms with Crippen molar-refractivity contribution < 1.29 is 14.7 Å². The van der Waals surface area contributed by atoms with Crippen LogP contribution in [0.5, 0.6) is 0 Å². The molecule has 0 aliphatic carbocycles. The van der Waals surface area contributed by atoms with Gasteiger partial charge in [0.05, 0.1) is 0 Å². The van der Waals surface area contributed by atoms with Crippen LogP contribution in [0.1, 0.15) is 37.2 Å². The molecule has 0 aliphatic heterocycles. The lowest BCUT2D eigenvalue weighted by Gasteiger charge is -2.17. The van der Waals surface area contributed by atoms with Gasteiger partial charge in [0.15, 0.2) is 0 Å². The van der Waals surface area contributed by atoms with Crippen molar-refractivity contribution in [2.24, 2.45) is 11.8 Å². The van der Waals surface area contributed by atoms with Gasteiger partial charge < -0.3 is 10.4 Å². The number of carbonyl (C=O) groups is 2. The Bertz CT molecular complexity index is 477. The van der Waals surface area contributed by atoms with Crippen LogP contribution in [0.3, 0.4) is 0 Å². The predicted octanol–water partition coefficient (Wildman–Crippen LogP) is 2.60. The number of carboxylic acid groups (broad SMARTS) is 1. The van der Waals surface area contributed by atoms with Crippen molar-refractivity contribution >= 4 is 23.5 Å². The monoisotopic (exact) mass is 298 g/mol. The maximum atomic E-state index is 11.9. The van der Waals surface area contributed by atoms with Gasteiger partial charge in [-0.3, -0.25) is 9.59 Å². The topological polar surface area (TPSA) is 79.3 Å². The van der Waals surface area contributed by atoms with Crippen LogP contribution in [0.15, 0.2) is 18.2 Å². The SMILES string of the molecule is CC(C)C[C@H](CNC(=O)c1cccc(Cl)n1)CC(=O)O. The molecule has 1 heterocycles. The van der Waals surface area contributed by atoms with Crippen LogP contribution in [0.25, 0.3) is 0 Å². The maximum absolute atomic E-state index is 11.9. The number of nitrogens with one attached hydrogen (secondary N) is 1. The second-order valence-electron chi connectivity index (χ2n) is 5.15. The molecular formula is C14H19ClN2O3. The Balaban J connectivity index is 2.57. The second-order valence-corrected chi connectivity index (χ2v) is 5.54. The minimum Gasteiger partial charge on any atom is -0.481 e. The number of carboxylic acids is 1. The highest BCUT2D eigenvalue weighted by Crippen LogP contribution is 2.15. The molecule has 0 aromatic carbocycles. The average Bonchev–Trinajstić information content (AvgIpc) is 2.34. The van der Waals surface area contributed by atoms with Crippen LogP contribution in [0.2, 0.25) is 5.15 Å². The van der Waals surface area contributed by atoms with Gasteiger partial charge in [-0.25, -0.2) is 4.98 Å². The first-order valence-electron chi connectivity index (χ1n) is 6.51. The van der Waals surface area contributed by atoms with E-state index in [0.29, 0.717) is 12.5 Å². The van der Waals surface area contributed by atoms with Crippen molar-refractivity contribution in [3.05, 3.63) is 29.0 Å². The third-order valence-electron chi connectivity index (χ3n) is 2.77. The molecule has 0 aliphatic rings. The van der Waals surface area contributed by atoms with E-state index in [1.54, 1.807) is 18.2 Å². The maximum Gasteiger partial charge on any atom is 0.303 e. The number of carbonyl (C=O) groups excluding carboxylic acids is 1. The Hall–Kier alpha value is -1.62. The van der Waals surface area contributed by atoms with Gasteiger partial charge in [-0.2, -0.15) is 0 Å². The third-order valence-corrected chi connectivity index (χ3v) is 2.98. The molecule has 1 aromatic rings. The van der Waals surface area contributed by atoms with Gasteiger partial charge in [-0.1, -0.05) is 31.5 Å². The number of hydrogen-bond donors (Lipinski definition) is 2. The summed E-state index contributed by atoms with van der Waals surface area (Å²) in [6.07, 6.45) is 0.789. The lowest BCUT2D eigenvalue weighted by molar-refractivity contribution is -0.138. The van der Waals surface area contributed by atoms with Crippen LogP contribution >= 0.6 is 11.6 Å². The molecule has 5 nitrogen and oxygen atoms in total. The van der Waals surface area contributed by atoms with Crippen LogP contribution in [-0.2, 0) is 4.79 Å². The summed E-state index contributed by atoms with van der Waals surface area (Å²) in [6.45, 7) is 4.36. The van der Waals surface area contributed by atoms with E-state index >= 15 is 0 Å². The lowest BCUT2D eigenvalue weighted by Crippen LogP contribution is -2.31. The van der Waals surface area contributed by atoms with Crippen LogP contribution in [-0.4, -0.2) is 28.5 Å². The molecule has 1 atom stereocenters. The summed E-state index contributed by atoms with van der Waals surface area (Å²) in [4.78, 5) is 26.6. The summed E-state index contributed by atoms with van der Waals surface area (Å²) in [7, 11) is 0. The molecule has 0 saturated heterocycles. The number of rotatable bonds is 7. The fourth-order valence-corrected chi connectivity index (χ4v) is 2.18. The van der Waals surface area contributed by atoms with Crippen molar-refractivity contribution in [3.63, 3.8) is 0 Å². The first kappa shape index (κ1) is 16.4. The van der Waals surface area contributed by atoms with Crippen molar-refractivity contribution in [1.82, 2.24) is 10.3 Å². The molecule has 20 heavy (non-hydrogen) atoms. The van der Waals surface area contributed by atoms with E-state index in [-0.39, 0.29) is 29.1 Å². The summed E-state index contributed by atoms with van der Waals surface area (Å²) in [5.41, 5.74) is 0.233.